The summed E-state index contributed by atoms with van der Waals surface area (Å²) in [4.78, 5) is 5.85. The van der Waals surface area contributed by atoms with Gasteiger partial charge in [0.05, 0.1) is 6.20 Å². The van der Waals surface area contributed by atoms with Crippen LogP contribution in [0.1, 0.15) is 5.56 Å². The summed E-state index contributed by atoms with van der Waals surface area (Å²) in [5, 5.41) is 3.23. The third-order valence-electron chi connectivity index (χ3n) is 2.64. The van der Waals surface area contributed by atoms with Crippen molar-refractivity contribution in [3.05, 3.63) is 54.1 Å². The summed E-state index contributed by atoms with van der Waals surface area (Å²) in [6, 6.07) is 9.55. The van der Waals surface area contributed by atoms with Crippen LogP contribution in [-0.2, 0) is 6.54 Å². The van der Waals surface area contributed by atoms with E-state index >= 15 is 0 Å². The summed E-state index contributed by atoms with van der Waals surface area (Å²) >= 11 is 0. The minimum Gasteiger partial charge on any atom is -0.381 e. The molecule has 0 aliphatic heterocycles. The van der Waals surface area contributed by atoms with Gasteiger partial charge in [-0.05, 0) is 35.9 Å². The molecule has 0 atom stereocenters. The molecule has 2 aromatic rings. The number of nitrogens with zero attached hydrogens (tertiary/aromatic N) is 2. The molecule has 2 rings (SSSR count). The molecule has 0 radical (unpaired) electrons. The fourth-order valence-corrected chi connectivity index (χ4v) is 1.63. The molecule has 1 aromatic heterocycles. The molecule has 3 nitrogen and oxygen atoms in total. The lowest BCUT2D eigenvalue weighted by atomic mass is 10.2. The van der Waals surface area contributed by atoms with E-state index in [1.165, 1.54) is 12.3 Å². The fraction of sp³-hybridized carbons (Fsp3) is 0.214. The molecule has 0 amide bonds. The number of hydrogen-bond donors (Lipinski definition) is 1. The van der Waals surface area contributed by atoms with Crippen LogP contribution in [-0.4, -0.2) is 19.1 Å². The number of halogens is 1. The Bertz CT molecular complexity index is 509. The van der Waals surface area contributed by atoms with E-state index in [9.17, 15) is 4.39 Å². The Balaban J connectivity index is 1.98. The molecule has 0 aliphatic rings. The molecule has 4 heteroatoms. The summed E-state index contributed by atoms with van der Waals surface area (Å²) in [7, 11) is 4.00. The van der Waals surface area contributed by atoms with Crippen molar-refractivity contribution in [2.24, 2.45) is 0 Å². The molecule has 0 fully saturated rings. The first-order valence-electron chi connectivity index (χ1n) is 5.76. The van der Waals surface area contributed by atoms with Crippen molar-refractivity contribution in [2.75, 3.05) is 24.3 Å². The molecule has 0 saturated carbocycles. The summed E-state index contributed by atoms with van der Waals surface area (Å²) in [5.41, 5.74) is 2.98. The van der Waals surface area contributed by atoms with E-state index in [1.54, 1.807) is 6.20 Å². The molecule has 0 aliphatic carbocycles. The lowest BCUT2D eigenvalue weighted by Crippen LogP contribution is -2.08. The number of anilines is 2. The maximum absolute atomic E-state index is 12.9. The first kappa shape index (κ1) is 12.4. The molecular weight excluding hydrogens is 229 g/mol. The summed E-state index contributed by atoms with van der Waals surface area (Å²) < 4.78 is 12.9. The Morgan fingerprint density at radius 1 is 1.17 bits per heavy atom. The fourth-order valence-electron chi connectivity index (χ4n) is 1.63. The number of hydrogen-bond acceptors (Lipinski definition) is 3. The number of nitrogens with one attached hydrogen (secondary N) is 1. The van der Waals surface area contributed by atoms with Crippen LogP contribution in [0.4, 0.5) is 15.8 Å². The highest BCUT2D eigenvalue weighted by molar-refractivity contribution is 5.54. The molecule has 1 aromatic carbocycles. The van der Waals surface area contributed by atoms with E-state index in [0.29, 0.717) is 6.54 Å². The zero-order valence-electron chi connectivity index (χ0n) is 10.5. The van der Waals surface area contributed by atoms with Crippen molar-refractivity contribution >= 4 is 11.4 Å². The van der Waals surface area contributed by atoms with Gasteiger partial charge in [-0.2, -0.15) is 0 Å². The van der Waals surface area contributed by atoms with Gasteiger partial charge >= 0.3 is 0 Å². The first-order valence-corrected chi connectivity index (χ1v) is 5.76. The quantitative estimate of drug-likeness (QED) is 0.897. The Morgan fingerprint density at radius 2 is 1.89 bits per heavy atom. The highest BCUT2D eigenvalue weighted by Crippen LogP contribution is 2.16. The van der Waals surface area contributed by atoms with E-state index in [4.69, 9.17) is 0 Å². The van der Waals surface area contributed by atoms with Crippen LogP contribution < -0.4 is 10.2 Å². The maximum Gasteiger partial charge on any atom is 0.141 e. The Kier molecular flexibility index (Phi) is 3.77. The Hall–Kier alpha value is -2.10. The molecule has 0 unspecified atom stereocenters. The summed E-state index contributed by atoms with van der Waals surface area (Å²) in [5.74, 6) is -0.308. The van der Waals surface area contributed by atoms with Crippen molar-refractivity contribution < 1.29 is 4.39 Å². The number of rotatable bonds is 4. The van der Waals surface area contributed by atoms with Gasteiger partial charge in [0.15, 0.2) is 0 Å². The Labute approximate surface area is 106 Å². The molecule has 0 saturated heterocycles. The Morgan fingerprint density at radius 3 is 2.50 bits per heavy atom. The number of benzene rings is 1. The summed E-state index contributed by atoms with van der Waals surface area (Å²) in [6.45, 7) is 0.562. The van der Waals surface area contributed by atoms with Gasteiger partial charge in [0.2, 0.25) is 0 Å². The largest absolute Gasteiger partial charge is 0.381 e. The SMILES string of the molecule is CN(C)c1ccc(NCc2cncc(F)c2)cc1. The first-order chi connectivity index (χ1) is 8.65. The van der Waals surface area contributed by atoms with E-state index in [1.807, 2.05) is 43.3 Å². The number of pyridine rings is 1. The van der Waals surface area contributed by atoms with Crippen molar-refractivity contribution in [1.29, 1.82) is 0 Å². The van der Waals surface area contributed by atoms with Gasteiger partial charge in [0.25, 0.3) is 0 Å². The van der Waals surface area contributed by atoms with Gasteiger partial charge in [-0.1, -0.05) is 0 Å². The predicted molar refractivity (Wildman–Crippen MR) is 72.3 cm³/mol. The van der Waals surface area contributed by atoms with E-state index < -0.39 is 0 Å². The van der Waals surface area contributed by atoms with Gasteiger partial charge < -0.3 is 10.2 Å². The second-order valence-corrected chi connectivity index (χ2v) is 4.31. The monoisotopic (exact) mass is 245 g/mol. The van der Waals surface area contributed by atoms with Crippen LogP contribution >= 0.6 is 0 Å². The minimum absolute atomic E-state index is 0.308. The van der Waals surface area contributed by atoms with Gasteiger partial charge in [0.1, 0.15) is 5.82 Å². The van der Waals surface area contributed by atoms with Gasteiger partial charge in [-0.3, -0.25) is 4.98 Å². The van der Waals surface area contributed by atoms with Crippen molar-refractivity contribution in [2.45, 2.75) is 6.54 Å². The predicted octanol–water partition coefficient (Wildman–Crippen LogP) is 2.90. The second-order valence-electron chi connectivity index (χ2n) is 4.31. The van der Waals surface area contributed by atoms with Crippen LogP contribution in [0.2, 0.25) is 0 Å². The van der Waals surface area contributed by atoms with Crippen LogP contribution in [0.25, 0.3) is 0 Å². The molecule has 0 bridgehead atoms. The molecular formula is C14H16FN3. The number of aromatic nitrogens is 1. The van der Waals surface area contributed by atoms with E-state index in [2.05, 4.69) is 10.3 Å². The smallest absolute Gasteiger partial charge is 0.141 e. The lowest BCUT2D eigenvalue weighted by Gasteiger charge is -2.13. The normalized spacial score (nSPS) is 10.2. The van der Waals surface area contributed by atoms with Crippen molar-refractivity contribution in [3.8, 4) is 0 Å². The minimum atomic E-state index is -0.308. The third-order valence-corrected chi connectivity index (χ3v) is 2.64. The van der Waals surface area contributed by atoms with Crippen molar-refractivity contribution in [3.63, 3.8) is 0 Å². The molecule has 0 spiro atoms. The summed E-state index contributed by atoms with van der Waals surface area (Å²) in [6.07, 6.45) is 2.86. The van der Waals surface area contributed by atoms with E-state index in [0.717, 1.165) is 16.9 Å². The van der Waals surface area contributed by atoms with Crippen molar-refractivity contribution in [1.82, 2.24) is 4.98 Å². The van der Waals surface area contributed by atoms with Gasteiger partial charge in [0, 0.05) is 38.2 Å². The van der Waals surface area contributed by atoms with Crippen LogP contribution in [0.3, 0.4) is 0 Å². The van der Waals surface area contributed by atoms with Crippen LogP contribution in [0.5, 0.6) is 0 Å². The van der Waals surface area contributed by atoms with Crippen LogP contribution in [0.15, 0.2) is 42.7 Å². The average molecular weight is 245 g/mol. The molecule has 18 heavy (non-hydrogen) atoms. The average Bonchev–Trinajstić information content (AvgIpc) is 2.37. The highest BCUT2D eigenvalue weighted by atomic mass is 19.1. The standard InChI is InChI=1S/C14H16FN3/c1-18(2)14-5-3-13(4-6-14)17-9-11-7-12(15)10-16-8-11/h3-8,10,17H,9H2,1-2H3. The highest BCUT2D eigenvalue weighted by Gasteiger charge is 1.98. The van der Waals surface area contributed by atoms with Gasteiger partial charge in [-0.15, -0.1) is 0 Å². The zero-order valence-corrected chi connectivity index (χ0v) is 10.5. The van der Waals surface area contributed by atoms with E-state index in [-0.39, 0.29) is 5.82 Å². The zero-order chi connectivity index (χ0) is 13.0. The van der Waals surface area contributed by atoms with Gasteiger partial charge in [-0.25, -0.2) is 4.39 Å². The third kappa shape index (κ3) is 3.20. The van der Waals surface area contributed by atoms with Crippen LogP contribution in [0, 0.1) is 5.82 Å². The molecule has 1 N–H and O–H groups in total. The maximum atomic E-state index is 12.9. The molecule has 1 heterocycles. The molecule has 94 valence electrons. The second kappa shape index (κ2) is 5.49. The topological polar surface area (TPSA) is 28.2 Å². The lowest BCUT2D eigenvalue weighted by molar-refractivity contribution is 0.619.